The maximum absolute atomic E-state index is 11.8. The smallest absolute Gasteiger partial charge is 0.222 e. The largest absolute Gasteiger partial charge is 0.497 e. The summed E-state index contributed by atoms with van der Waals surface area (Å²) < 4.78 is 5.14. The molecule has 1 aromatic rings. The van der Waals surface area contributed by atoms with Crippen LogP contribution in [0.5, 0.6) is 5.75 Å². The van der Waals surface area contributed by atoms with E-state index in [-0.39, 0.29) is 12.0 Å². The lowest BCUT2D eigenvalue weighted by atomic mass is 10.0. The highest BCUT2D eigenvalue weighted by atomic mass is 16.6. The molecule has 5 nitrogen and oxygen atoms in total. The van der Waals surface area contributed by atoms with Gasteiger partial charge in [-0.1, -0.05) is 12.1 Å². The lowest BCUT2D eigenvalue weighted by Crippen LogP contribution is -2.37. The molecule has 21 heavy (non-hydrogen) atoms. The van der Waals surface area contributed by atoms with Gasteiger partial charge in [0.25, 0.3) is 0 Å². The van der Waals surface area contributed by atoms with E-state index in [2.05, 4.69) is 5.16 Å². The second kappa shape index (κ2) is 7.11. The summed E-state index contributed by atoms with van der Waals surface area (Å²) in [5.41, 5.74) is 1.95. The monoisotopic (exact) mass is 290 g/mol. The molecule has 0 aliphatic carbocycles. The van der Waals surface area contributed by atoms with Crippen molar-refractivity contribution in [3.05, 3.63) is 29.8 Å². The van der Waals surface area contributed by atoms with Crippen LogP contribution in [0.3, 0.4) is 0 Å². The van der Waals surface area contributed by atoms with Crippen molar-refractivity contribution in [2.75, 3.05) is 20.2 Å². The van der Waals surface area contributed by atoms with Gasteiger partial charge in [0.2, 0.25) is 5.91 Å². The third-order valence-electron chi connectivity index (χ3n) is 3.62. The molecule has 1 atom stereocenters. The summed E-state index contributed by atoms with van der Waals surface area (Å²) in [6.45, 7) is 5.14. The first kappa shape index (κ1) is 15.4. The highest BCUT2D eigenvalue weighted by Gasteiger charge is 2.25. The summed E-state index contributed by atoms with van der Waals surface area (Å²) >= 11 is 0. The van der Waals surface area contributed by atoms with Gasteiger partial charge >= 0.3 is 0 Å². The Morgan fingerprint density at radius 1 is 1.38 bits per heavy atom. The average Bonchev–Trinajstić information content (AvgIpc) is 3.00. The maximum atomic E-state index is 11.8. The van der Waals surface area contributed by atoms with Crippen LogP contribution in [0.4, 0.5) is 0 Å². The van der Waals surface area contributed by atoms with Gasteiger partial charge in [0.15, 0.2) is 6.10 Å². The third kappa shape index (κ3) is 3.74. The van der Waals surface area contributed by atoms with Crippen LogP contribution in [-0.4, -0.2) is 42.8 Å². The minimum absolute atomic E-state index is 0.0578. The first-order valence-corrected chi connectivity index (χ1v) is 7.32. The fourth-order valence-corrected chi connectivity index (χ4v) is 2.36. The van der Waals surface area contributed by atoms with Gasteiger partial charge in [0.05, 0.1) is 19.4 Å². The zero-order valence-corrected chi connectivity index (χ0v) is 12.8. The lowest BCUT2D eigenvalue weighted by molar-refractivity contribution is -0.132. The number of amides is 1. The van der Waals surface area contributed by atoms with Gasteiger partial charge in [-0.3, -0.25) is 4.79 Å². The Morgan fingerprint density at radius 3 is 2.67 bits per heavy atom. The first-order valence-electron chi connectivity index (χ1n) is 7.32. The van der Waals surface area contributed by atoms with Crippen molar-refractivity contribution in [3.8, 4) is 5.75 Å². The number of likely N-dealkylation sites (N-methyl/N-ethyl adjacent to an activating group) is 1. The van der Waals surface area contributed by atoms with E-state index < -0.39 is 0 Å². The summed E-state index contributed by atoms with van der Waals surface area (Å²) in [6, 6.07) is 7.75. The molecule has 0 unspecified atom stereocenters. The Hall–Kier alpha value is -2.04. The normalized spacial score (nSPS) is 17.1. The molecular weight excluding hydrogens is 268 g/mol. The Bertz CT molecular complexity index is 511. The molecule has 5 heteroatoms. The number of carbonyl (C=O) groups is 1. The molecule has 1 aliphatic heterocycles. The molecule has 0 spiro atoms. The molecule has 1 heterocycles. The fraction of sp³-hybridized carbons (Fsp3) is 0.500. The van der Waals surface area contributed by atoms with Gasteiger partial charge in [0, 0.05) is 19.4 Å². The Morgan fingerprint density at radius 2 is 2.10 bits per heavy atom. The van der Waals surface area contributed by atoms with E-state index in [0.717, 1.165) is 23.4 Å². The van der Waals surface area contributed by atoms with E-state index in [1.54, 1.807) is 7.11 Å². The molecule has 0 radical (unpaired) electrons. The Balaban J connectivity index is 1.94. The lowest BCUT2D eigenvalue weighted by Gasteiger charge is -2.22. The van der Waals surface area contributed by atoms with Crippen LogP contribution in [0, 0.1) is 0 Å². The van der Waals surface area contributed by atoms with Crippen LogP contribution in [0.1, 0.15) is 32.3 Å². The van der Waals surface area contributed by atoms with E-state index in [9.17, 15) is 4.79 Å². The van der Waals surface area contributed by atoms with Crippen LogP contribution < -0.4 is 4.74 Å². The number of hydrogen-bond acceptors (Lipinski definition) is 4. The minimum Gasteiger partial charge on any atom is -0.497 e. The van der Waals surface area contributed by atoms with Crippen molar-refractivity contribution < 1.29 is 14.4 Å². The van der Waals surface area contributed by atoms with Gasteiger partial charge in [-0.05, 0) is 36.8 Å². The SMILES string of the molecule is CCC(=O)N(CC)C[C@H]1CC(c2ccc(OC)cc2)=NO1. The quantitative estimate of drug-likeness (QED) is 0.808. The Labute approximate surface area is 125 Å². The predicted octanol–water partition coefficient (Wildman–Crippen LogP) is 2.45. The summed E-state index contributed by atoms with van der Waals surface area (Å²) in [6.07, 6.45) is 1.18. The average molecular weight is 290 g/mol. The molecule has 0 aromatic heterocycles. The van der Waals surface area contributed by atoms with E-state index >= 15 is 0 Å². The second-order valence-electron chi connectivity index (χ2n) is 4.98. The van der Waals surface area contributed by atoms with Crippen LogP contribution in [0.25, 0.3) is 0 Å². The number of ether oxygens (including phenoxy) is 1. The van der Waals surface area contributed by atoms with Crippen LogP contribution in [0.2, 0.25) is 0 Å². The molecule has 1 amide bonds. The van der Waals surface area contributed by atoms with E-state index in [0.29, 0.717) is 19.5 Å². The summed E-state index contributed by atoms with van der Waals surface area (Å²) in [5.74, 6) is 0.972. The van der Waals surface area contributed by atoms with Crippen molar-refractivity contribution in [1.82, 2.24) is 4.90 Å². The fourth-order valence-electron chi connectivity index (χ4n) is 2.36. The molecule has 1 aromatic carbocycles. The van der Waals surface area contributed by atoms with Gasteiger partial charge in [-0.25, -0.2) is 0 Å². The number of nitrogens with zero attached hydrogens (tertiary/aromatic N) is 2. The van der Waals surface area contributed by atoms with Gasteiger partial charge in [-0.2, -0.15) is 0 Å². The third-order valence-corrected chi connectivity index (χ3v) is 3.62. The zero-order valence-electron chi connectivity index (χ0n) is 12.8. The van der Waals surface area contributed by atoms with Crippen molar-refractivity contribution in [2.24, 2.45) is 5.16 Å². The number of hydrogen-bond donors (Lipinski definition) is 0. The molecule has 0 fully saturated rings. The van der Waals surface area contributed by atoms with Crippen molar-refractivity contribution in [2.45, 2.75) is 32.8 Å². The number of carbonyl (C=O) groups excluding carboxylic acids is 1. The van der Waals surface area contributed by atoms with Gasteiger partial charge in [0.1, 0.15) is 5.75 Å². The molecule has 0 N–H and O–H groups in total. The molecule has 2 rings (SSSR count). The Kier molecular flexibility index (Phi) is 5.20. The standard InChI is InChI=1S/C16H22N2O3/c1-4-16(19)18(5-2)11-14-10-15(17-21-14)12-6-8-13(20-3)9-7-12/h6-9,14H,4-5,10-11H2,1-3H3/t14-/m1/s1. The van der Waals surface area contributed by atoms with Crippen molar-refractivity contribution in [1.29, 1.82) is 0 Å². The van der Waals surface area contributed by atoms with Crippen LogP contribution in [0.15, 0.2) is 29.4 Å². The van der Waals surface area contributed by atoms with Crippen LogP contribution in [-0.2, 0) is 9.63 Å². The van der Waals surface area contributed by atoms with E-state index in [1.807, 2.05) is 43.0 Å². The van der Waals surface area contributed by atoms with Crippen molar-refractivity contribution >= 4 is 11.6 Å². The second-order valence-corrected chi connectivity index (χ2v) is 4.98. The highest BCUT2D eigenvalue weighted by Crippen LogP contribution is 2.20. The number of benzene rings is 1. The number of rotatable bonds is 6. The molecule has 114 valence electrons. The number of methoxy groups -OCH3 is 1. The summed E-state index contributed by atoms with van der Waals surface area (Å²) in [5, 5.41) is 4.15. The van der Waals surface area contributed by atoms with E-state index in [1.165, 1.54) is 0 Å². The zero-order chi connectivity index (χ0) is 15.2. The summed E-state index contributed by atoms with van der Waals surface area (Å²) in [7, 11) is 1.64. The van der Waals surface area contributed by atoms with Gasteiger partial charge in [-0.15, -0.1) is 0 Å². The molecular formula is C16H22N2O3. The highest BCUT2D eigenvalue weighted by molar-refractivity contribution is 6.01. The van der Waals surface area contributed by atoms with Crippen molar-refractivity contribution in [3.63, 3.8) is 0 Å². The van der Waals surface area contributed by atoms with E-state index in [4.69, 9.17) is 9.57 Å². The number of oxime groups is 1. The van der Waals surface area contributed by atoms with Crippen LogP contribution >= 0.6 is 0 Å². The molecule has 0 bridgehead atoms. The topological polar surface area (TPSA) is 51.1 Å². The molecule has 0 saturated carbocycles. The maximum Gasteiger partial charge on any atom is 0.222 e. The van der Waals surface area contributed by atoms with Gasteiger partial charge < -0.3 is 14.5 Å². The summed E-state index contributed by atoms with van der Waals surface area (Å²) in [4.78, 5) is 19.1. The molecule has 1 aliphatic rings. The minimum atomic E-state index is -0.0578. The first-order chi connectivity index (χ1) is 10.2. The molecule has 0 saturated heterocycles. The predicted molar refractivity (Wildman–Crippen MR) is 81.6 cm³/mol.